The highest BCUT2D eigenvalue weighted by Crippen LogP contribution is 2.21. The first-order chi connectivity index (χ1) is 9.41. The number of carbonyl (C=O) groups is 1. The number of benzene rings is 1. The average Bonchev–Trinajstić information content (AvgIpc) is 2.42. The zero-order valence-electron chi connectivity index (χ0n) is 11.6. The highest BCUT2D eigenvalue weighted by atomic mass is 19.3. The van der Waals surface area contributed by atoms with Gasteiger partial charge in [-0.25, -0.2) is 8.78 Å². The summed E-state index contributed by atoms with van der Waals surface area (Å²) in [7, 11) is 1.65. The van der Waals surface area contributed by atoms with Crippen LogP contribution >= 0.6 is 0 Å². The van der Waals surface area contributed by atoms with Crippen LogP contribution in [0.25, 0.3) is 0 Å². The smallest absolute Gasteiger partial charge is 0.261 e. The minimum atomic E-state index is -2.52. The lowest BCUT2D eigenvalue weighted by Crippen LogP contribution is -2.30. The van der Waals surface area contributed by atoms with E-state index in [0.717, 1.165) is 5.56 Å². The first-order valence-electron chi connectivity index (χ1n) is 6.32. The fraction of sp³-hybridized carbons (Fsp3) is 0.500. The van der Waals surface area contributed by atoms with Crippen LogP contribution in [0.1, 0.15) is 24.9 Å². The molecule has 0 aliphatic rings. The van der Waals surface area contributed by atoms with E-state index in [9.17, 15) is 18.7 Å². The number of aromatic hydroxyl groups is 1. The quantitative estimate of drug-likeness (QED) is 0.784. The van der Waals surface area contributed by atoms with Crippen molar-refractivity contribution in [2.45, 2.75) is 25.8 Å². The van der Waals surface area contributed by atoms with E-state index in [1.54, 1.807) is 31.3 Å². The minimum Gasteiger partial charge on any atom is -0.508 e. The van der Waals surface area contributed by atoms with Crippen molar-refractivity contribution in [1.29, 1.82) is 0 Å². The zero-order chi connectivity index (χ0) is 15.1. The van der Waals surface area contributed by atoms with Crippen molar-refractivity contribution in [1.82, 2.24) is 4.90 Å². The second-order valence-electron chi connectivity index (χ2n) is 4.49. The lowest BCUT2D eigenvalue weighted by atomic mass is 10.1. The summed E-state index contributed by atoms with van der Waals surface area (Å²) in [5, 5.41) is 9.22. The van der Waals surface area contributed by atoms with Gasteiger partial charge in [-0.15, -0.1) is 0 Å². The molecule has 1 amide bonds. The van der Waals surface area contributed by atoms with Gasteiger partial charge in [-0.2, -0.15) is 0 Å². The Morgan fingerprint density at radius 1 is 1.35 bits per heavy atom. The van der Waals surface area contributed by atoms with Gasteiger partial charge < -0.3 is 14.7 Å². The Balaban J connectivity index is 2.45. The zero-order valence-corrected chi connectivity index (χ0v) is 11.6. The minimum absolute atomic E-state index is 0.0180. The molecule has 1 aromatic carbocycles. The monoisotopic (exact) mass is 287 g/mol. The maximum Gasteiger partial charge on any atom is 0.261 e. The number of carbonyl (C=O) groups excluding carboxylic acids is 1. The van der Waals surface area contributed by atoms with Gasteiger partial charge >= 0.3 is 0 Å². The summed E-state index contributed by atoms with van der Waals surface area (Å²) in [6, 6.07) is 6.40. The van der Waals surface area contributed by atoms with E-state index in [2.05, 4.69) is 4.74 Å². The SMILES string of the molecule is CC(c1ccc(O)cc1)N(C)C(=O)CCOCC(F)F. The number of alkyl halides is 2. The van der Waals surface area contributed by atoms with Crippen molar-refractivity contribution in [2.24, 2.45) is 0 Å². The van der Waals surface area contributed by atoms with Crippen molar-refractivity contribution in [3.05, 3.63) is 29.8 Å². The molecular formula is C14H19F2NO3. The van der Waals surface area contributed by atoms with Gasteiger partial charge in [0.15, 0.2) is 0 Å². The summed E-state index contributed by atoms with van der Waals surface area (Å²) >= 11 is 0. The molecule has 0 saturated heterocycles. The molecule has 0 radical (unpaired) electrons. The van der Waals surface area contributed by atoms with Gasteiger partial charge in [0.2, 0.25) is 5.91 Å². The molecule has 0 aliphatic heterocycles. The Bertz CT molecular complexity index is 423. The van der Waals surface area contributed by atoms with Crippen molar-refractivity contribution < 1.29 is 23.4 Å². The van der Waals surface area contributed by atoms with E-state index < -0.39 is 13.0 Å². The lowest BCUT2D eigenvalue weighted by Gasteiger charge is -2.25. The maximum atomic E-state index is 11.9. The van der Waals surface area contributed by atoms with Gasteiger partial charge in [0, 0.05) is 7.05 Å². The molecule has 1 N–H and O–H groups in total. The van der Waals surface area contributed by atoms with Gasteiger partial charge in [-0.05, 0) is 24.6 Å². The van der Waals surface area contributed by atoms with Crippen LogP contribution in [-0.2, 0) is 9.53 Å². The Labute approximate surface area is 117 Å². The third-order valence-electron chi connectivity index (χ3n) is 3.05. The number of hydrogen-bond acceptors (Lipinski definition) is 3. The standard InChI is InChI=1S/C14H19F2NO3/c1-10(11-3-5-12(18)6-4-11)17(2)14(19)7-8-20-9-13(15)16/h3-6,10,13,18H,7-9H2,1-2H3. The van der Waals surface area contributed by atoms with Crippen LogP contribution in [0.15, 0.2) is 24.3 Å². The molecule has 0 aromatic heterocycles. The van der Waals surface area contributed by atoms with Crippen LogP contribution < -0.4 is 0 Å². The van der Waals surface area contributed by atoms with Gasteiger partial charge in [0.05, 0.1) is 19.1 Å². The summed E-state index contributed by atoms with van der Waals surface area (Å²) in [4.78, 5) is 13.4. The number of phenols is 1. The van der Waals surface area contributed by atoms with Crippen LogP contribution in [-0.4, -0.2) is 42.6 Å². The second-order valence-corrected chi connectivity index (χ2v) is 4.49. The van der Waals surface area contributed by atoms with E-state index in [1.807, 2.05) is 6.92 Å². The molecule has 0 saturated carbocycles. The van der Waals surface area contributed by atoms with Gasteiger partial charge in [0.25, 0.3) is 6.43 Å². The molecule has 0 aliphatic carbocycles. The Kier molecular flexibility index (Phi) is 6.38. The van der Waals surface area contributed by atoms with Crippen molar-refractivity contribution in [2.75, 3.05) is 20.3 Å². The molecule has 6 heteroatoms. The third-order valence-corrected chi connectivity index (χ3v) is 3.05. The van der Waals surface area contributed by atoms with Gasteiger partial charge in [0.1, 0.15) is 12.4 Å². The van der Waals surface area contributed by atoms with Crippen LogP contribution in [0.2, 0.25) is 0 Å². The van der Waals surface area contributed by atoms with E-state index in [4.69, 9.17) is 0 Å². The number of ether oxygens (including phenoxy) is 1. The fourth-order valence-electron chi connectivity index (χ4n) is 1.70. The predicted molar refractivity (Wildman–Crippen MR) is 70.7 cm³/mol. The maximum absolute atomic E-state index is 11.9. The van der Waals surface area contributed by atoms with Crippen LogP contribution in [0.4, 0.5) is 8.78 Å². The summed E-state index contributed by atoms with van der Waals surface area (Å²) in [5.74, 6) is -0.0184. The molecule has 112 valence electrons. The molecule has 0 bridgehead atoms. The van der Waals surface area contributed by atoms with Gasteiger partial charge in [-0.3, -0.25) is 4.79 Å². The van der Waals surface area contributed by atoms with Crippen LogP contribution in [0, 0.1) is 0 Å². The molecule has 1 unspecified atom stereocenters. The number of phenolic OH excluding ortho intramolecular Hbond substituents is 1. The number of halogens is 2. The van der Waals surface area contributed by atoms with Crippen LogP contribution in [0.5, 0.6) is 5.75 Å². The third kappa shape index (κ3) is 5.13. The molecule has 1 atom stereocenters. The first-order valence-corrected chi connectivity index (χ1v) is 6.32. The Morgan fingerprint density at radius 2 is 1.95 bits per heavy atom. The molecule has 20 heavy (non-hydrogen) atoms. The topological polar surface area (TPSA) is 49.8 Å². The Morgan fingerprint density at radius 3 is 2.50 bits per heavy atom. The second kappa shape index (κ2) is 7.79. The first kappa shape index (κ1) is 16.4. The predicted octanol–water partition coefficient (Wildman–Crippen LogP) is 2.58. The van der Waals surface area contributed by atoms with Crippen molar-refractivity contribution in [3.63, 3.8) is 0 Å². The largest absolute Gasteiger partial charge is 0.508 e. The van der Waals surface area contributed by atoms with E-state index in [-0.39, 0.29) is 30.7 Å². The number of rotatable bonds is 7. The number of amides is 1. The van der Waals surface area contributed by atoms with Crippen molar-refractivity contribution in [3.8, 4) is 5.75 Å². The van der Waals surface area contributed by atoms with Crippen molar-refractivity contribution >= 4 is 5.91 Å². The Hall–Kier alpha value is -1.69. The molecule has 1 aromatic rings. The van der Waals surface area contributed by atoms with E-state index in [1.165, 1.54) is 4.90 Å². The highest BCUT2D eigenvalue weighted by Gasteiger charge is 2.17. The molecular weight excluding hydrogens is 268 g/mol. The average molecular weight is 287 g/mol. The fourth-order valence-corrected chi connectivity index (χ4v) is 1.70. The summed E-state index contributed by atoms with van der Waals surface area (Å²) in [6.07, 6.45) is -2.45. The van der Waals surface area contributed by atoms with E-state index >= 15 is 0 Å². The number of hydrogen-bond donors (Lipinski definition) is 1. The molecule has 4 nitrogen and oxygen atoms in total. The van der Waals surface area contributed by atoms with E-state index in [0.29, 0.717) is 0 Å². The van der Waals surface area contributed by atoms with Crippen LogP contribution in [0.3, 0.4) is 0 Å². The summed E-state index contributed by atoms with van der Waals surface area (Å²) in [5.41, 5.74) is 0.882. The normalized spacial score (nSPS) is 12.4. The number of nitrogens with zero attached hydrogens (tertiary/aromatic N) is 1. The highest BCUT2D eigenvalue weighted by molar-refractivity contribution is 5.76. The summed E-state index contributed by atoms with van der Waals surface area (Å²) < 4.78 is 28.4. The molecule has 0 heterocycles. The molecule has 1 rings (SSSR count). The van der Waals surface area contributed by atoms with Gasteiger partial charge in [-0.1, -0.05) is 12.1 Å². The molecule has 0 spiro atoms. The molecule has 0 fully saturated rings. The lowest BCUT2D eigenvalue weighted by molar-refractivity contribution is -0.133. The summed E-state index contributed by atoms with van der Waals surface area (Å²) in [6.45, 7) is 1.19.